The molecular formula is C16H17ClFNO3. The van der Waals surface area contributed by atoms with Crippen LogP contribution in [0.3, 0.4) is 0 Å². The van der Waals surface area contributed by atoms with E-state index in [1.807, 2.05) is 0 Å². The summed E-state index contributed by atoms with van der Waals surface area (Å²) < 4.78 is 13.9. The van der Waals surface area contributed by atoms with Gasteiger partial charge in [0.05, 0.1) is 0 Å². The van der Waals surface area contributed by atoms with Crippen molar-refractivity contribution in [1.82, 2.24) is 4.90 Å². The summed E-state index contributed by atoms with van der Waals surface area (Å²) in [6.07, 6.45) is 2.19. The summed E-state index contributed by atoms with van der Waals surface area (Å²) in [5.41, 5.74) is 0.376. The molecule has 1 aromatic rings. The number of carbonyl (C=O) groups excluding carboxylic acids is 1. The van der Waals surface area contributed by atoms with Gasteiger partial charge >= 0.3 is 5.97 Å². The molecule has 4 nitrogen and oxygen atoms in total. The van der Waals surface area contributed by atoms with Crippen LogP contribution >= 0.6 is 11.6 Å². The lowest BCUT2D eigenvalue weighted by Gasteiger charge is -2.26. The van der Waals surface area contributed by atoms with Gasteiger partial charge in [0, 0.05) is 28.5 Å². The predicted octanol–water partition coefficient (Wildman–Crippen LogP) is 3.05. The van der Waals surface area contributed by atoms with E-state index in [4.69, 9.17) is 11.6 Å². The molecule has 2 aliphatic rings. The monoisotopic (exact) mass is 325 g/mol. The second-order valence-corrected chi connectivity index (χ2v) is 6.48. The summed E-state index contributed by atoms with van der Waals surface area (Å²) in [6, 6.07) is 3.63. The molecule has 0 aromatic heterocycles. The Bertz CT molecular complexity index is 612. The molecule has 2 fully saturated rings. The fourth-order valence-corrected chi connectivity index (χ4v) is 3.31. The highest BCUT2D eigenvalue weighted by molar-refractivity contribution is 6.31. The number of aliphatic carboxylic acids is 1. The highest BCUT2D eigenvalue weighted by atomic mass is 35.5. The first-order valence-electron chi connectivity index (χ1n) is 7.40. The Labute approximate surface area is 132 Å². The van der Waals surface area contributed by atoms with E-state index in [0.29, 0.717) is 17.0 Å². The molecule has 2 saturated carbocycles. The van der Waals surface area contributed by atoms with Crippen LogP contribution in [0.25, 0.3) is 0 Å². The van der Waals surface area contributed by atoms with E-state index in [9.17, 15) is 19.1 Å². The molecule has 118 valence electrons. The lowest BCUT2D eigenvalue weighted by molar-refractivity contribution is -0.150. The largest absolute Gasteiger partial charge is 0.480 e. The summed E-state index contributed by atoms with van der Waals surface area (Å²) in [6.45, 7) is 1.52. The summed E-state index contributed by atoms with van der Waals surface area (Å²) in [4.78, 5) is 25.3. The molecule has 0 aliphatic heterocycles. The second kappa shape index (κ2) is 5.54. The third-order valence-corrected chi connectivity index (χ3v) is 4.78. The topological polar surface area (TPSA) is 57.6 Å². The van der Waals surface area contributed by atoms with E-state index in [-0.39, 0.29) is 23.8 Å². The maximum Gasteiger partial charge on any atom is 0.326 e. The average molecular weight is 326 g/mol. The fourth-order valence-electron chi connectivity index (χ4n) is 3.00. The van der Waals surface area contributed by atoms with Crippen molar-refractivity contribution in [1.29, 1.82) is 0 Å². The lowest BCUT2D eigenvalue weighted by atomic mass is 10.1. The van der Waals surface area contributed by atoms with Crippen LogP contribution < -0.4 is 0 Å². The number of halogens is 2. The van der Waals surface area contributed by atoms with Gasteiger partial charge in [0.2, 0.25) is 5.91 Å². The zero-order valence-corrected chi connectivity index (χ0v) is 12.9. The molecule has 3 atom stereocenters. The van der Waals surface area contributed by atoms with Crippen molar-refractivity contribution in [2.24, 2.45) is 5.92 Å². The van der Waals surface area contributed by atoms with Crippen LogP contribution in [0.5, 0.6) is 0 Å². The second-order valence-electron chi connectivity index (χ2n) is 6.07. The molecule has 1 aromatic carbocycles. The van der Waals surface area contributed by atoms with Gasteiger partial charge in [0.1, 0.15) is 11.9 Å². The maximum absolute atomic E-state index is 13.9. The molecule has 0 bridgehead atoms. The van der Waals surface area contributed by atoms with Gasteiger partial charge < -0.3 is 10.0 Å². The van der Waals surface area contributed by atoms with Crippen LogP contribution in [0.15, 0.2) is 18.2 Å². The maximum atomic E-state index is 13.9. The molecule has 22 heavy (non-hydrogen) atoms. The SMILES string of the molecule is CC(C(=O)O)N(C(=O)C1CC1c1c(F)cccc1Cl)C1CC1. The Morgan fingerprint density at radius 1 is 1.41 bits per heavy atom. The van der Waals surface area contributed by atoms with Gasteiger partial charge in [-0.25, -0.2) is 9.18 Å². The Morgan fingerprint density at radius 2 is 2.09 bits per heavy atom. The summed E-state index contributed by atoms with van der Waals surface area (Å²) in [5.74, 6) is -2.22. The first-order chi connectivity index (χ1) is 10.4. The standard InChI is InChI=1S/C16H17ClFNO3/c1-8(16(21)22)19(9-5-6-9)15(20)11-7-10(11)14-12(17)3-2-4-13(14)18/h2-4,8-11H,5-7H2,1H3,(H,21,22). The van der Waals surface area contributed by atoms with E-state index < -0.39 is 17.8 Å². The Balaban J connectivity index is 1.78. The number of rotatable bonds is 5. The number of hydrogen-bond acceptors (Lipinski definition) is 2. The molecule has 1 amide bonds. The van der Waals surface area contributed by atoms with Gasteiger partial charge in [-0.15, -0.1) is 0 Å². The Morgan fingerprint density at radius 3 is 2.64 bits per heavy atom. The van der Waals surface area contributed by atoms with E-state index >= 15 is 0 Å². The molecule has 2 aliphatic carbocycles. The quantitative estimate of drug-likeness (QED) is 0.905. The molecular weight excluding hydrogens is 309 g/mol. The minimum Gasteiger partial charge on any atom is -0.480 e. The van der Waals surface area contributed by atoms with Gasteiger partial charge in [-0.05, 0) is 38.3 Å². The number of carboxylic acid groups (broad SMARTS) is 1. The van der Waals surface area contributed by atoms with E-state index in [1.165, 1.54) is 24.0 Å². The van der Waals surface area contributed by atoms with Gasteiger partial charge in [-0.2, -0.15) is 0 Å². The van der Waals surface area contributed by atoms with Crippen LogP contribution in [-0.2, 0) is 9.59 Å². The Kier molecular flexibility index (Phi) is 3.85. The number of carboxylic acids is 1. The van der Waals surface area contributed by atoms with Gasteiger partial charge in [0.25, 0.3) is 0 Å². The minimum atomic E-state index is -1.01. The number of carbonyl (C=O) groups is 2. The molecule has 3 unspecified atom stereocenters. The first kappa shape index (κ1) is 15.3. The van der Waals surface area contributed by atoms with E-state index in [1.54, 1.807) is 6.07 Å². The summed E-state index contributed by atoms with van der Waals surface area (Å²) >= 11 is 6.04. The van der Waals surface area contributed by atoms with Crippen molar-refractivity contribution >= 4 is 23.5 Å². The summed E-state index contributed by atoms with van der Waals surface area (Å²) in [7, 11) is 0. The number of amides is 1. The van der Waals surface area contributed by atoms with E-state index in [0.717, 1.165) is 12.8 Å². The number of benzene rings is 1. The van der Waals surface area contributed by atoms with Gasteiger partial charge in [-0.1, -0.05) is 17.7 Å². The third kappa shape index (κ3) is 2.70. The molecule has 0 spiro atoms. The van der Waals surface area contributed by atoms with Crippen molar-refractivity contribution in [3.05, 3.63) is 34.6 Å². The van der Waals surface area contributed by atoms with Crippen molar-refractivity contribution in [2.45, 2.75) is 44.2 Å². The van der Waals surface area contributed by atoms with Crippen molar-refractivity contribution < 1.29 is 19.1 Å². The molecule has 6 heteroatoms. The molecule has 0 saturated heterocycles. The first-order valence-corrected chi connectivity index (χ1v) is 7.78. The molecule has 1 N–H and O–H groups in total. The Hall–Kier alpha value is -1.62. The van der Waals surface area contributed by atoms with Crippen molar-refractivity contribution in [3.8, 4) is 0 Å². The number of hydrogen-bond donors (Lipinski definition) is 1. The highest BCUT2D eigenvalue weighted by Gasteiger charge is 2.51. The zero-order chi connectivity index (χ0) is 16.0. The number of nitrogens with zero attached hydrogens (tertiary/aromatic N) is 1. The van der Waals surface area contributed by atoms with Crippen LogP contribution in [-0.4, -0.2) is 34.0 Å². The van der Waals surface area contributed by atoms with Gasteiger partial charge in [-0.3, -0.25) is 4.79 Å². The van der Waals surface area contributed by atoms with Crippen LogP contribution in [0, 0.1) is 11.7 Å². The lowest BCUT2D eigenvalue weighted by Crippen LogP contribution is -2.45. The third-order valence-electron chi connectivity index (χ3n) is 4.45. The highest BCUT2D eigenvalue weighted by Crippen LogP contribution is 2.52. The van der Waals surface area contributed by atoms with Crippen molar-refractivity contribution in [2.75, 3.05) is 0 Å². The average Bonchev–Trinajstić information content (AvgIpc) is 3.32. The normalized spacial score (nSPS) is 24.7. The molecule has 0 heterocycles. The molecule has 3 rings (SSSR count). The van der Waals surface area contributed by atoms with Crippen LogP contribution in [0.2, 0.25) is 5.02 Å². The molecule has 0 radical (unpaired) electrons. The predicted molar refractivity (Wildman–Crippen MR) is 79.2 cm³/mol. The van der Waals surface area contributed by atoms with E-state index in [2.05, 4.69) is 0 Å². The smallest absolute Gasteiger partial charge is 0.326 e. The van der Waals surface area contributed by atoms with Crippen LogP contribution in [0.4, 0.5) is 4.39 Å². The zero-order valence-electron chi connectivity index (χ0n) is 12.1. The van der Waals surface area contributed by atoms with Gasteiger partial charge in [0.15, 0.2) is 0 Å². The van der Waals surface area contributed by atoms with Crippen molar-refractivity contribution in [3.63, 3.8) is 0 Å². The fraction of sp³-hybridized carbons (Fsp3) is 0.500. The summed E-state index contributed by atoms with van der Waals surface area (Å²) in [5, 5.41) is 9.50. The van der Waals surface area contributed by atoms with Crippen LogP contribution in [0.1, 0.15) is 37.7 Å². The minimum absolute atomic E-state index is 0.0101.